The Hall–Kier alpha value is -2.13. The maximum absolute atomic E-state index is 14.1. The highest BCUT2D eigenvalue weighted by atomic mass is 19.1. The minimum Gasteiger partial charge on any atom is -0.465 e. The van der Waals surface area contributed by atoms with Gasteiger partial charge in [0.25, 0.3) is 0 Å². The number of nitriles is 1. The first kappa shape index (κ1) is 19.6. The van der Waals surface area contributed by atoms with Gasteiger partial charge in [-0.25, -0.2) is 9.18 Å². The predicted octanol–water partition coefficient (Wildman–Crippen LogP) is 3.80. The fraction of sp³-hybridized carbons (Fsp3) is 0.619. The topological polar surface area (TPSA) is 67.6 Å². The second-order valence-electron chi connectivity index (χ2n) is 7.86. The van der Waals surface area contributed by atoms with E-state index < -0.39 is 23.7 Å². The van der Waals surface area contributed by atoms with Crippen molar-refractivity contribution in [2.75, 3.05) is 19.6 Å². The van der Waals surface area contributed by atoms with Crippen LogP contribution >= 0.6 is 0 Å². The Morgan fingerprint density at radius 3 is 2.52 bits per heavy atom. The van der Waals surface area contributed by atoms with E-state index in [0.29, 0.717) is 19.5 Å². The van der Waals surface area contributed by atoms with E-state index in [4.69, 9.17) is 0 Å². The van der Waals surface area contributed by atoms with E-state index in [1.165, 1.54) is 11.8 Å². The molecule has 0 bridgehead atoms. The van der Waals surface area contributed by atoms with E-state index >= 15 is 0 Å². The minimum absolute atomic E-state index is 0.283. The lowest BCUT2D eigenvalue weighted by Crippen LogP contribution is -2.51. The number of hydrogen-bond acceptors (Lipinski definition) is 3. The standard InChI is InChI=1S/C21H28FN3O2/c1-16(22)19-14-24(12-5-13-25(19)20(26)27)18-8-10-21(15-23,11-9-18)17-6-3-2-4-7-17/h2-4,6-7,16,18-19H,5,8-14H2,1H3,(H,26,27). The molecule has 1 saturated heterocycles. The largest absolute Gasteiger partial charge is 0.465 e. The summed E-state index contributed by atoms with van der Waals surface area (Å²) in [5.41, 5.74) is 0.637. The van der Waals surface area contributed by atoms with Crippen LogP contribution in [0.2, 0.25) is 0 Å². The lowest BCUT2D eigenvalue weighted by molar-refractivity contribution is 0.0726. The molecule has 0 spiro atoms. The molecular weight excluding hydrogens is 345 g/mol. The number of nitrogens with zero attached hydrogens (tertiary/aromatic N) is 3. The van der Waals surface area contributed by atoms with E-state index in [1.807, 2.05) is 30.3 Å². The van der Waals surface area contributed by atoms with Crippen LogP contribution < -0.4 is 0 Å². The van der Waals surface area contributed by atoms with Crippen molar-refractivity contribution in [3.8, 4) is 6.07 Å². The Morgan fingerprint density at radius 1 is 1.30 bits per heavy atom. The van der Waals surface area contributed by atoms with Crippen LogP contribution in [0.25, 0.3) is 0 Å². The molecule has 1 aromatic carbocycles. The summed E-state index contributed by atoms with van der Waals surface area (Å²) in [6.07, 6.45) is 1.80. The third-order valence-corrected chi connectivity index (χ3v) is 6.31. The van der Waals surface area contributed by atoms with Crippen molar-refractivity contribution in [2.24, 2.45) is 0 Å². The maximum atomic E-state index is 14.1. The summed E-state index contributed by atoms with van der Waals surface area (Å²) in [7, 11) is 0. The SMILES string of the molecule is CC(F)C1CN(C2CCC(C#N)(c3ccccc3)CC2)CCCN1C(=O)O. The third-order valence-electron chi connectivity index (χ3n) is 6.31. The molecule has 2 atom stereocenters. The molecule has 0 aromatic heterocycles. The van der Waals surface area contributed by atoms with Gasteiger partial charge in [-0.3, -0.25) is 4.90 Å². The number of amides is 1. The molecule has 1 aliphatic carbocycles. The van der Waals surface area contributed by atoms with E-state index in [1.54, 1.807) is 0 Å². The Kier molecular flexibility index (Phi) is 6.01. The van der Waals surface area contributed by atoms with Crippen molar-refractivity contribution in [1.29, 1.82) is 5.26 Å². The van der Waals surface area contributed by atoms with E-state index in [-0.39, 0.29) is 6.04 Å². The van der Waals surface area contributed by atoms with Gasteiger partial charge in [0.1, 0.15) is 6.17 Å². The molecule has 5 nitrogen and oxygen atoms in total. The van der Waals surface area contributed by atoms with Crippen LogP contribution in [-0.4, -0.2) is 58.9 Å². The maximum Gasteiger partial charge on any atom is 0.407 e. The number of carboxylic acid groups (broad SMARTS) is 1. The van der Waals surface area contributed by atoms with Gasteiger partial charge >= 0.3 is 6.09 Å². The predicted molar refractivity (Wildman–Crippen MR) is 101 cm³/mol. The fourth-order valence-corrected chi connectivity index (χ4v) is 4.69. The highest BCUT2D eigenvalue weighted by Gasteiger charge is 2.40. The Balaban J connectivity index is 1.70. The molecule has 1 amide bonds. The summed E-state index contributed by atoms with van der Waals surface area (Å²) < 4.78 is 14.1. The van der Waals surface area contributed by atoms with E-state index in [0.717, 1.165) is 37.8 Å². The number of halogens is 1. The number of alkyl halides is 1. The van der Waals surface area contributed by atoms with Gasteiger partial charge in [0, 0.05) is 25.7 Å². The molecule has 3 rings (SSSR count). The first-order valence-corrected chi connectivity index (χ1v) is 9.81. The van der Waals surface area contributed by atoms with Gasteiger partial charge in [0.05, 0.1) is 17.5 Å². The van der Waals surface area contributed by atoms with Gasteiger partial charge in [0.2, 0.25) is 0 Å². The van der Waals surface area contributed by atoms with Gasteiger partial charge in [-0.2, -0.15) is 5.26 Å². The van der Waals surface area contributed by atoms with Crippen molar-refractivity contribution < 1.29 is 14.3 Å². The van der Waals surface area contributed by atoms with Crippen LogP contribution in [-0.2, 0) is 5.41 Å². The fourth-order valence-electron chi connectivity index (χ4n) is 4.69. The molecule has 2 unspecified atom stereocenters. The quantitative estimate of drug-likeness (QED) is 0.875. The van der Waals surface area contributed by atoms with Crippen molar-refractivity contribution in [2.45, 2.75) is 62.7 Å². The van der Waals surface area contributed by atoms with Crippen LogP contribution in [0.15, 0.2) is 30.3 Å². The molecule has 1 heterocycles. The summed E-state index contributed by atoms with van der Waals surface area (Å²) in [5.74, 6) is 0. The highest BCUT2D eigenvalue weighted by molar-refractivity contribution is 5.65. The second kappa shape index (κ2) is 8.26. The van der Waals surface area contributed by atoms with Crippen molar-refractivity contribution in [3.05, 3.63) is 35.9 Å². The molecule has 2 fully saturated rings. The third kappa shape index (κ3) is 4.08. The first-order chi connectivity index (χ1) is 13.0. The molecule has 1 aromatic rings. The first-order valence-electron chi connectivity index (χ1n) is 9.81. The molecule has 1 N–H and O–H groups in total. The lowest BCUT2D eigenvalue weighted by Gasteiger charge is -2.41. The average molecular weight is 373 g/mol. The number of hydrogen-bond donors (Lipinski definition) is 1. The van der Waals surface area contributed by atoms with Crippen LogP contribution in [0, 0.1) is 11.3 Å². The minimum atomic E-state index is -1.20. The number of rotatable bonds is 3. The van der Waals surface area contributed by atoms with Gasteiger partial charge in [-0.15, -0.1) is 0 Å². The molecule has 6 heteroatoms. The Bertz CT molecular complexity index is 680. The zero-order chi connectivity index (χ0) is 19.4. The second-order valence-corrected chi connectivity index (χ2v) is 7.86. The number of benzene rings is 1. The molecular formula is C21H28FN3O2. The van der Waals surface area contributed by atoms with Gasteiger partial charge in [0.15, 0.2) is 0 Å². The molecule has 1 aliphatic heterocycles. The summed E-state index contributed by atoms with van der Waals surface area (Å²) >= 11 is 0. The lowest BCUT2D eigenvalue weighted by atomic mass is 9.69. The Labute approximate surface area is 160 Å². The molecule has 146 valence electrons. The summed E-state index contributed by atoms with van der Waals surface area (Å²) in [5, 5.41) is 19.3. The smallest absolute Gasteiger partial charge is 0.407 e. The van der Waals surface area contributed by atoms with Gasteiger partial charge in [-0.1, -0.05) is 30.3 Å². The summed E-state index contributed by atoms with van der Waals surface area (Å²) in [6.45, 7) is 3.03. The van der Waals surface area contributed by atoms with Crippen molar-refractivity contribution in [3.63, 3.8) is 0 Å². The summed E-state index contributed by atoms with van der Waals surface area (Å²) in [6, 6.07) is 12.2. The number of carbonyl (C=O) groups is 1. The zero-order valence-electron chi connectivity index (χ0n) is 15.9. The van der Waals surface area contributed by atoms with Gasteiger partial charge < -0.3 is 10.0 Å². The van der Waals surface area contributed by atoms with Crippen LogP contribution in [0.4, 0.5) is 9.18 Å². The zero-order valence-corrected chi connectivity index (χ0v) is 15.9. The van der Waals surface area contributed by atoms with Gasteiger partial charge in [-0.05, 0) is 44.6 Å². The molecule has 2 aliphatic rings. The van der Waals surface area contributed by atoms with E-state index in [2.05, 4.69) is 11.0 Å². The monoisotopic (exact) mass is 373 g/mol. The Morgan fingerprint density at radius 2 is 1.96 bits per heavy atom. The van der Waals surface area contributed by atoms with Crippen LogP contribution in [0.3, 0.4) is 0 Å². The van der Waals surface area contributed by atoms with E-state index in [9.17, 15) is 19.6 Å². The van der Waals surface area contributed by atoms with Crippen molar-refractivity contribution in [1.82, 2.24) is 9.80 Å². The van der Waals surface area contributed by atoms with Crippen molar-refractivity contribution >= 4 is 6.09 Å². The average Bonchev–Trinajstić information content (AvgIpc) is 2.92. The van der Waals surface area contributed by atoms with Crippen LogP contribution in [0.1, 0.15) is 44.6 Å². The molecule has 1 saturated carbocycles. The van der Waals surface area contributed by atoms with Crippen LogP contribution in [0.5, 0.6) is 0 Å². The normalized spacial score (nSPS) is 30.9. The molecule has 27 heavy (non-hydrogen) atoms. The molecule has 0 radical (unpaired) electrons. The highest BCUT2D eigenvalue weighted by Crippen LogP contribution is 2.40. The summed E-state index contributed by atoms with van der Waals surface area (Å²) in [4.78, 5) is 15.0.